The summed E-state index contributed by atoms with van der Waals surface area (Å²) in [5.41, 5.74) is 3.65. The predicted molar refractivity (Wildman–Crippen MR) is 102 cm³/mol. The Morgan fingerprint density at radius 1 is 1.15 bits per heavy atom. The van der Waals surface area contributed by atoms with Crippen molar-refractivity contribution in [1.82, 2.24) is 19.2 Å². The van der Waals surface area contributed by atoms with Crippen LogP contribution in [-0.2, 0) is 15.6 Å². The van der Waals surface area contributed by atoms with Crippen molar-refractivity contribution in [2.24, 2.45) is 0 Å². The van der Waals surface area contributed by atoms with Gasteiger partial charge in [0.05, 0.1) is 5.41 Å². The largest absolute Gasteiger partial charge is 0.339 e. The topological polar surface area (TPSA) is 88.3 Å². The van der Waals surface area contributed by atoms with Gasteiger partial charge in [-0.05, 0) is 45.1 Å². The summed E-state index contributed by atoms with van der Waals surface area (Å²) in [6, 6.07) is 6.61. The molecule has 1 aliphatic heterocycles. The highest BCUT2D eigenvalue weighted by atomic mass is 32.2. The van der Waals surface area contributed by atoms with E-state index in [9.17, 15) is 8.42 Å². The van der Waals surface area contributed by atoms with Crippen molar-refractivity contribution in [3.8, 4) is 0 Å². The number of nitrogens with one attached hydrogen (secondary N) is 1. The molecule has 1 aliphatic carbocycles. The van der Waals surface area contributed by atoms with E-state index in [4.69, 9.17) is 9.51 Å². The normalized spacial score (nSPS) is 20.7. The summed E-state index contributed by atoms with van der Waals surface area (Å²) in [5.74, 6) is 1.53. The SMILES string of the molecule is CNS(=O)(=O)N1CCC(c2nc(C3(c4cc(C)cc(C)c4)CC3)no2)CC1. The van der Waals surface area contributed by atoms with E-state index in [2.05, 4.69) is 41.9 Å². The first-order valence-corrected chi connectivity index (χ1v) is 10.9. The zero-order valence-corrected chi connectivity index (χ0v) is 16.8. The number of benzene rings is 1. The zero-order valence-electron chi connectivity index (χ0n) is 16.0. The number of piperidine rings is 1. The van der Waals surface area contributed by atoms with Gasteiger partial charge in [-0.25, -0.2) is 4.72 Å². The molecule has 1 saturated heterocycles. The molecule has 1 saturated carbocycles. The molecule has 0 radical (unpaired) electrons. The Bertz CT molecular complexity index is 921. The number of aromatic nitrogens is 2. The minimum absolute atomic E-state index is 0.115. The first-order valence-electron chi connectivity index (χ1n) is 9.45. The Hall–Kier alpha value is -1.77. The van der Waals surface area contributed by atoms with E-state index in [1.807, 2.05) is 0 Å². The second kappa shape index (κ2) is 6.68. The first-order chi connectivity index (χ1) is 12.8. The minimum Gasteiger partial charge on any atom is -0.339 e. The third kappa shape index (κ3) is 3.41. The molecule has 0 unspecified atom stereocenters. The lowest BCUT2D eigenvalue weighted by Crippen LogP contribution is -2.43. The van der Waals surface area contributed by atoms with Crippen LogP contribution in [0.25, 0.3) is 0 Å². The molecule has 4 rings (SSSR count). The second-order valence-corrected chi connectivity index (χ2v) is 9.67. The fraction of sp³-hybridized carbons (Fsp3) is 0.579. The average molecular weight is 391 g/mol. The van der Waals surface area contributed by atoms with E-state index in [1.165, 1.54) is 28.0 Å². The average Bonchev–Trinajstić information content (AvgIpc) is 3.31. The zero-order chi connectivity index (χ0) is 19.2. The maximum atomic E-state index is 11.9. The van der Waals surface area contributed by atoms with Crippen LogP contribution in [0.3, 0.4) is 0 Å². The van der Waals surface area contributed by atoms with Gasteiger partial charge in [0, 0.05) is 26.1 Å². The Morgan fingerprint density at radius 2 is 1.78 bits per heavy atom. The summed E-state index contributed by atoms with van der Waals surface area (Å²) < 4.78 is 33.3. The molecule has 2 aromatic rings. The molecular weight excluding hydrogens is 364 g/mol. The summed E-state index contributed by atoms with van der Waals surface area (Å²) in [6.07, 6.45) is 3.46. The maximum absolute atomic E-state index is 11.9. The number of hydrogen-bond acceptors (Lipinski definition) is 5. The van der Waals surface area contributed by atoms with Crippen LogP contribution < -0.4 is 4.72 Å². The summed E-state index contributed by atoms with van der Waals surface area (Å²) in [4.78, 5) is 4.75. The Balaban J connectivity index is 1.51. The first kappa shape index (κ1) is 18.6. The number of aryl methyl sites for hydroxylation is 2. The van der Waals surface area contributed by atoms with Gasteiger partial charge in [0.1, 0.15) is 0 Å². The summed E-state index contributed by atoms with van der Waals surface area (Å²) in [5, 5.41) is 4.31. The van der Waals surface area contributed by atoms with E-state index in [0.717, 1.165) is 18.7 Å². The van der Waals surface area contributed by atoms with Crippen LogP contribution in [0.1, 0.15) is 60.0 Å². The Morgan fingerprint density at radius 3 is 2.33 bits per heavy atom. The van der Waals surface area contributed by atoms with E-state index < -0.39 is 10.2 Å². The van der Waals surface area contributed by atoms with Gasteiger partial charge in [0.15, 0.2) is 5.82 Å². The highest BCUT2D eigenvalue weighted by molar-refractivity contribution is 7.87. The van der Waals surface area contributed by atoms with Gasteiger partial charge in [-0.15, -0.1) is 0 Å². The Kier molecular flexibility index (Phi) is 4.60. The monoisotopic (exact) mass is 390 g/mol. The third-order valence-corrected chi connectivity index (χ3v) is 7.36. The van der Waals surface area contributed by atoms with Crippen molar-refractivity contribution in [3.63, 3.8) is 0 Å². The fourth-order valence-electron chi connectivity index (χ4n) is 4.08. The van der Waals surface area contributed by atoms with Gasteiger partial charge in [-0.1, -0.05) is 34.5 Å². The summed E-state index contributed by atoms with van der Waals surface area (Å²) in [6.45, 7) is 5.16. The van der Waals surface area contributed by atoms with Crippen LogP contribution in [0.15, 0.2) is 22.7 Å². The molecule has 1 N–H and O–H groups in total. The van der Waals surface area contributed by atoms with Gasteiger partial charge in [0.25, 0.3) is 10.2 Å². The van der Waals surface area contributed by atoms with Gasteiger partial charge >= 0.3 is 0 Å². The highest BCUT2D eigenvalue weighted by Gasteiger charge is 2.50. The molecular formula is C19H26N4O3S. The van der Waals surface area contributed by atoms with Gasteiger partial charge in [0.2, 0.25) is 5.89 Å². The van der Waals surface area contributed by atoms with E-state index in [0.29, 0.717) is 31.8 Å². The molecule has 0 bridgehead atoms. The molecule has 2 heterocycles. The summed E-state index contributed by atoms with van der Waals surface area (Å²) in [7, 11) is -1.92. The quantitative estimate of drug-likeness (QED) is 0.847. The van der Waals surface area contributed by atoms with Crippen LogP contribution in [0, 0.1) is 13.8 Å². The lowest BCUT2D eigenvalue weighted by Gasteiger charge is -2.28. The third-order valence-electron chi connectivity index (χ3n) is 5.80. The van der Waals surface area contributed by atoms with Crippen LogP contribution in [-0.4, -0.2) is 43.0 Å². The van der Waals surface area contributed by atoms with Crippen LogP contribution in [0.5, 0.6) is 0 Å². The second-order valence-electron chi connectivity index (χ2n) is 7.80. The molecule has 146 valence electrons. The van der Waals surface area contributed by atoms with E-state index >= 15 is 0 Å². The Labute approximate surface area is 160 Å². The molecule has 8 heteroatoms. The lowest BCUT2D eigenvalue weighted by atomic mass is 9.92. The van der Waals surface area contributed by atoms with Gasteiger partial charge < -0.3 is 4.52 Å². The smallest absolute Gasteiger partial charge is 0.279 e. The molecule has 2 aliphatic rings. The van der Waals surface area contributed by atoms with Crippen molar-refractivity contribution in [2.75, 3.05) is 20.1 Å². The number of rotatable bonds is 5. The van der Waals surface area contributed by atoms with Gasteiger partial charge in [-0.3, -0.25) is 0 Å². The summed E-state index contributed by atoms with van der Waals surface area (Å²) >= 11 is 0. The predicted octanol–water partition coefficient (Wildman–Crippen LogP) is 2.41. The van der Waals surface area contributed by atoms with Crippen molar-refractivity contribution in [1.29, 1.82) is 0 Å². The number of hydrogen-bond donors (Lipinski definition) is 1. The van der Waals surface area contributed by atoms with Crippen molar-refractivity contribution in [3.05, 3.63) is 46.6 Å². The molecule has 27 heavy (non-hydrogen) atoms. The minimum atomic E-state index is -3.36. The fourth-order valence-corrected chi connectivity index (χ4v) is 5.03. The molecule has 1 aromatic heterocycles. The standard InChI is InChI=1S/C19H26N4O3S/c1-13-10-14(2)12-16(11-13)19(6-7-19)18-21-17(26-22-18)15-4-8-23(9-5-15)27(24,25)20-3/h10-12,15,20H,4-9H2,1-3H3. The molecule has 2 fully saturated rings. The number of nitrogens with zero attached hydrogens (tertiary/aromatic N) is 3. The van der Waals surface area contributed by atoms with Crippen LogP contribution in [0.4, 0.5) is 0 Å². The molecule has 0 spiro atoms. The molecule has 0 amide bonds. The van der Waals surface area contributed by atoms with Crippen molar-refractivity contribution >= 4 is 10.2 Å². The van der Waals surface area contributed by atoms with Crippen LogP contribution in [0.2, 0.25) is 0 Å². The highest BCUT2D eigenvalue weighted by Crippen LogP contribution is 2.52. The van der Waals surface area contributed by atoms with Gasteiger partial charge in [-0.2, -0.15) is 17.7 Å². The van der Waals surface area contributed by atoms with E-state index in [-0.39, 0.29) is 11.3 Å². The molecule has 1 aromatic carbocycles. The van der Waals surface area contributed by atoms with Crippen molar-refractivity contribution in [2.45, 2.75) is 50.9 Å². The van der Waals surface area contributed by atoms with E-state index in [1.54, 1.807) is 0 Å². The van der Waals surface area contributed by atoms with Crippen molar-refractivity contribution < 1.29 is 12.9 Å². The van der Waals surface area contributed by atoms with Crippen LogP contribution >= 0.6 is 0 Å². The molecule has 7 nitrogen and oxygen atoms in total. The maximum Gasteiger partial charge on any atom is 0.279 e. The lowest BCUT2D eigenvalue weighted by molar-refractivity contribution is 0.268. The molecule has 0 atom stereocenters.